The van der Waals surface area contributed by atoms with Crippen molar-refractivity contribution in [1.29, 1.82) is 0 Å². The van der Waals surface area contributed by atoms with Crippen LogP contribution < -0.4 is 0 Å². The molecule has 0 N–H and O–H groups in total. The van der Waals surface area contributed by atoms with Gasteiger partial charge >= 0.3 is 0 Å². The van der Waals surface area contributed by atoms with Crippen LogP contribution in [0, 0.1) is 0 Å². The fraction of sp³-hybridized carbons (Fsp3) is 1.00. The summed E-state index contributed by atoms with van der Waals surface area (Å²) in [7, 11) is -0.754. The minimum atomic E-state index is -0.754. The minimum absolute atomic E-state index is 0.718. The van der Waals surface area contributed by atoms with Crippen LogP contribution in [0.4, 0.5) is 0 Å². The van der Waals surface area contributed by atoms with Gasteiger partial charge in [0.05, 0.1) is 8.80 Å². The summed E-state index contributed by atoms with van der Waals surface area (Å²) in [5.74, 6) is 0. The van der Waals surface area contributed by atoms with Crippen LogP contribution in [0.5, 0.6) is 0 Å². The molecule has 1 aliphatic rings. The van der Waals surface area contributed by atoms with Gasteiger partial charge in [-0.1, -0.05) is 482 Å². The predicted molar refractivity (Wildman–Crippen MR) is 380 cm³/mol. The van der Waals surface area contributed by atoms with Crippen molar-refractivity contribution in [2.24, 2.45) is 0 Å². The highest BCUT2D eigenvalue weighted by Gasteiger charge is 2.25. The van der Waals surface area contributed by atoms with Gasteiger partial charge in [0, 0.05) is 12.3 Å². The van der Waals surface area contributed by atoms with Crippen molar-refractivity contribution in [2.75, 3.05) is 6.61 Å². The standard InChI is InChI=1S/C80H162OSi/c1-3-5-7-9-11-13-15-17-19-21-23-25-27-28-29-30-31-32-33-34-35-36-37-38-39-40-41-42-43-44-45-46-47-48-49-50-51-53-55-57-59-61-63-65-67-69-71-75-79-82(80-76-72-73-77-81-80)78-74-70-68-66-64-62-60-58-56-54-52-26-24-22-20-18-16-14-12-10-8-6-4-2/h80,82H,3-79H2,1-2H3. The second-order valence-electron chi connectivity index (χ2n) is 28.6. The Morgan fingerprint density at radius 3 is 0.476 bits per heavy atom. The average molecular weight is 1170 g/mol. The van der Waals surface area contributed by atoms with Crippen molar-refractivity contribution in [3.63, 3.8) is 0 Å². The first-order valence-corrected chi connectivity index (χ1v) is 42.8. The Morgan fingerprint density at radius 1 is 0.195 bits per heavy atom. The molecule has 1 rings (SSSR count). The molecule has 0 aromatic rings. The molecular formula is C80H162OSi. The molecule has 1 nitrogen and oxygen atoms in total. The molecule has 2 atom stereocenters. The van der Waals surface area contributed by atoms with Gasteiger partial charge in [0.15, 0.2) is 0 Å². The number of rotatable bonds is 74. The molecule has 0 spiro atoms. The number of ether oxygens (including phenoxy) is 1. The molecule has 1 fully saturated rings. The minimum Gasteiger partial charge on any atom is -0.382 e. The van der Waals surface area contributed by atoms with E-state index in [0.29, 0.717) is 0 Å². The summed E-state index contributed by atoms with van der Waals surface area (Å²) in [4.78, 5) is 0. The van der Waals surface area contributed by atoms with E-state index < -0.39 is 8.80 Å². The fourth-order valence-electron chi connectivity index (χ4n) is 14.5. The van der Waals surface area contributed by atoms with E-state index in [1.165, 1.54) is 475 Å². The zero-order valence-corrected chi connectivity index (χ0v) is 59.2. The highest BCUT2D eigenvalue weighted by molar-refractivity contribution is 6.60. The van der Waals surface area contributed by atoms with E-state index in [9.17, 15) is 0 Å². The summed E-state index contributed by atoms with van der Waals surface area (Å²) in [5.41, 5.74) is 0.718. The monoisotopic (exact) mass is 1170 g/mol. The fourth-order valence-corrected chi connectivity index (χ4v) is 18.2. The predicted octanol–water partition coefficient (Wildman–Crippen LogP) is 30.1. The van der Waals surface area contributed by atoms with Crippen LogP contribution in [0.2, 0.25) is 12.1 Å². The van der Waals surface area contributed by atoms with Gasteiger partial charge < -0.3 is 4.74 Å². The van der Waals surface area contributed by atoms with Crippen LogP contribution in [-0.2, 0) is 4.74 Å². The van der Waals surface area contributed by atoms with E-state index in [-0.39, 0.29) is 0 Å². The van der Waals surface area contributed by atoms with E-state index in [2.05, 4.69) is 13.8 Å². The van der Waals surface area contributed by atoms with Crippen LogP contribution in [0.1, 0.15) is 489 Å². The smallest absolute Gasteiger partial charge is 0.0717 e. The summed E-state index contributed by atoms with van der Waals surface area (Å²) in [6.45, 7) is 5.70. The van der Waals surface area contributed by atoms with Crippen molar-refractivity contribution < 1.29 is 4.74 Å². The largest absolute Gasteiger partial charge is 0.382 e. The molecule has 0 radical (unpaired) electrons. The second kappa shape index (κ2) is 73.6. The van der Waals surface area contributed by atoms with Gasteiger partial charge in [-0.05, 0) is 19.3 Å². The highest BCUT2D eigenvalue weighted by atomic mass is 28.3. The lowest BCUT2D eigenvalue weighted by Gasteiger charge is -2.30. The molecule has 492 valence electrons. The molecule has 0 bridgehead atoms. The van der Waals surface area contributed by atoms with E-state index >= 15 is 0 Å². The molecule has 0 aliphatic carbocycles. The second-order valence-corrected chi connectivity index (χ2v) is 32.1. The number of hydrogen-bond acceptors (Lipinski definition) is 1. The third kappa shape index (κ3) is 66.1. The Bertz CT molecular complexity index is 1080. The van der Waals surface area contributed by atoms with Gasteiger partial charge in [0.2, 0.25) is 0 Å². The topological polar surface area (TPSA) is 9.23 Å². The van der Waals surface area contributed by atoms with Crippen molar-refractivity contribution in [3.8, 4) is 0 Å². The number of hydrogen-bond donors (Lipinski definition) is 0. The van der Waals surface area contributed by atoms with Gasteiger partial charge in [0.25, 0.3) is 0 Å². The first-order valence-electron chi connectivity index (χ1n) is 40.5. The quantitative estimate of drug-likeness (QED) is 0.0436. The lowest BCUT2D eigenvalue weighted by molar-refractivity contribution is 0.0619. The molecule has 2 unspecified atom stereocenters. The molecule has 2 heteroatoms. The summed E-state index contributed by atoms with van der Waals surface area (Å²) < 4.78 is 6.44. The van der Waals surface area contributed by atoms with E-state index in [1.54, 1.807) is 12.1 Å². The Kier molecular flexibility index (Phi) is 72.0. The van der Waals surface area contributed by atoms with Crippen molar-refractivity contribution >= 4 is 8.80 Å². The average Bonchev–Trinajstić information content (AvgIpc) is 3.50. The van der Waals surface area contributed by atoms with Gasteiger partial charge in [-0.2, -0.15) is 0 Å². The van der Waals surface area contributed by atoms with Crippen LogP contribution in [0.15, 0.2) is 0 Å². The van der Waals surface area contributed by atoms with Crippen LogP contribution in [0.25, 0.3) is 0 Å². The summed E-state index contributed by atoms with van der Waals surface area (Å²) in [6, 6.07) is 3.15. The molecular weight excluding hydrogens is 1000 g/mol. The molecule has 1 saturated heterocycles. The van der Waals surface area contributed by atoms with Crippen LogP contribution in [0.3, 0.4) is 0 Å². The maximum atomic E-state index is 6.44. The highest BCUT2D eigenvalue weighted by Crippen LogP contribution is 2.26. The molecule has 1 heterocycles. The zero-order chi connectivity index (χ0) is 58.3. The summed E-state index contributed by atoms with van der Waals surface area (Å²) in [6.07, 6.45) is 110. The van der Waals surface area contributed by atoms with E-state index in [0.717, 1.165) is 12.3 Å². The zero-order valence-electron chi connectivity index (χ0n) is 58.0. The Balaban J connectivity index is 1.74. The lowest BCUT2D eigenvalue weighted by Crippen LogP contribution is -2.36. The van der Waals surface area contributed by atoms with Gasteiger partial charge in [-0.15, -0.1) is 0 Å². The lowest BCUT2D eigenvalue weighted by atomic mass is 10.0. The molecule has 0 aromatic carbocycles. The summed E-state index contributed by atoms with van der Waals surface area (Å²) in [5, 5.41) is 0. The van der Waals surface area contributed by atoms with Gasteiger partial charge in [-0.3, -0.25) is 0 Å². The molecule has 0 saturated carbocycles. The van der Waals surface area contributed by atoms with Crippen LogP contribution >= 0.6 is 0 Å². The molecule has 0 amide bonds. The number of unbranched alkanes of at least 4 members (excludes halogenated alkanes) is 69. The third-order valence-corrected chi connectivity index (χ3v) is 24.2. The van der Waals surface area contributed by atoms with E-state index in [1.807, 2.05) is 0 Å². The van der Waals surface area contributed by atoms with Gasteiger partial charge in [-0.25, -0.2) is 0 Å². The van der Waals surface area contributed by atoms with Crippen molar-refractivity contribution in [1.82, 2.24) is 0 Å². The maximum Gasteiger partial charge on any atom is 0.0717 e. The Morgan fingerprint density at radius 2 is 0.341 bits per heavy atom. The van der Waals surface area contributed by atoms with E-state index in [4.69, 9.17) is 4.74 Å². The first kappa shape index (κ1) is 80.2. The SMILES string of the molecule is CCCCCCCCCCCCCCCCCCCCCCCCCCCCCCCCCCCCCCCCCCCCCCCCCC[SiH](CCCCCCCCCCCCCCCCCCCCCCCCC)C1CCCCO1. The Labute approximate surface area is 524 Å². The van der Waals surface area contributed by atoms with Crippen molar-refractivity contribution in [3.05, 3.63) is 0 Å². The normalized spacial score (nSPS) is 14.2. The van der Waals surface area contributed by atoms with Gasteiger partial charge in [0.1, 0.15) is 0 Å². The maximum absolute atomic E-state index is 6.44. The summed E-state index contributed by atoms with van der Waals surface area (Å²) >= 11 is 0. The van der Waals surface area contributed by atoms with Crippen LogP contribution in [-0.4, -0.2) is 21.1 Å². The van der Waals surface area contributed by atoms with Crippen molar-refractivity contribution in [2.45, 2.75) is 507 Å². The Hall–Kier alpha value is 0.177. The third-order valence-electron chi connectivity index (χ3n) is 20.3. The first-order chi connectivity index (χ1) is 40.9. The molecule has 1 aliphatic heterocycles. The molecule has 82 heavy (non-hydrogen) atoms. The molecule has 0 aromatic heterocycles.